The number of anilines is 2. The van der Waals surface area contributed by atoms with Crippen molar-refractivity contribution in [1.82, 2.24) is 5.32 Å². The summed E-state index contributed by atoms with van der Waals surface area (Å²) < 4.78 is 0. The number of hydrogen-bond acceptors (Lipinski definition) is 4. The maximum absolute atomic E-state index is 12.9. The molecular formula is C19H15Cl2N3O3. The first-order valence-electron chi connectivity index (χ1n) is 7.92. The highest BCUT2D eigenvalue weighted by Gasteiger charge is 2.37. The molecule has 0 atom stereocenters. The van der Waals surface area contributed by atoms with Gasteiger partial charge in [-0.3, -0.25) is 14.9 Å². The molecule has 0 saturated carbocycles. The van der Waals surface area contributed by atoms with Gasteiger partial charge in [0.2, 0.25) is 0 Å². The molecule has 0 aliphatic carbocycles. The molecular weight excluding hydrogens is 389 g/mol. The number of amides is 4. The van der Waals surface area contributed by atoms with Gasteiger partial charge in [-0.15, -0.1) is 0 Å². The topological polar surface area (TPSA) is 69.7 Å². The Labute approximate surface area is 166 Å². The maximum Gasteiger partial charge on any atom is 0.336 e. The summed E-state index contributed by atoms with van der Waals surface area (Å²) in [6, 6.07) is 11.0. The Bertz CT molecular complexity index is 969. The predicted molar refractivity (Wildman–Crippen MR) is 106 cm³/mol. The highest BCUT2D eigenvalue weighted by molar-refractivity contribution is 6.46. The van der Waals surface area contributed by atoms with Gasteiger partial charge < -0.3 is 4.90 Å². The van der Waals surface area contributed by atoms with E-state index >= 15 is 0 Å². The molecule has 0 aromatic heterocycles. The number of nitrogens with zero attached hydrogens (tertiary/aromatic N) is 2. The number of hydrogen-bond donors (Lipinski definition) is 1. The average molecular weight is 404 g/mol. The third kappa shape index (κ3) is 3.67. The highest BCUT2D eigenvalue weighted by atomic mass is 35.5. The van der Waals surface area contributed by atoms with Gasteiger partial charge in [-0.2, -0.15) is 0 Å². The maximum atomic E-state index is 12.9. The van der Waals surface area contributed by atoms with Gasteiger partial charge >= 0.3 is 6.03 Å². The molecule has 1 N–H and O–H groups in total. The Morgan fingerprint density at radius 2 is 1.67 bits per heavy atom. The fourth-order valence-corrected chi connectivity index (χ4v) is 2.96. The molecule has 1 aliphatic heterocycles. The summed E-state index contributed by atoms with van der Waals surface area (Å²) in [7, 11) is 3.81. The lowest BCUT2D eigenvalue weighted by Gasteiger charge is -2.27. The first-order valence-corrected chi connectivity index (χ1v) is 8.68. The Hall–Kier alpha value is -2.83. The van der Waals surface area contributed by atoms with E-state index in [1.54, 1.807) is 18.2 Å². The summed E-state index contributed by atoms with van der Waals surface area (Å²) in [6.07, 6.45) is 1.43. The van der Waals surface area contributed by atoms with E-state index in [-0.39, 0.29) is 21.3 Å². The van der Waals surface area contributed by atoms with E-state index in [0.29, 0.717) is 5.56 Å². The van der Waals surface area contributed by atoms with Gasteiger partial charge in [-0.05, 0) is 35.9 Å². The van der Waals surface area contributed by atoms with Crippen LogP contribution in [-0.4, -0.2) is 31.9 Å². The van der Waals surface area contributed by atoms with Crippen LogP contribution >= 0.6 is 23.2 Å². The molecule has 4 amide bonds. The van der Waals surface area contributed by atoms with E-state index in [4.69, 9.17) is 23.2 Å². The van der Waals surface area contributed by atoms with Crippen LogP contribution in [0.5, 0.6) is 0 Å². The lowest BCUT2D eigenvalue weighted by atomic mass is 10.1. The number of carbonyl (C=O) groups excluding carboxylic acids is 3. The molecule has 1 saturated heterocycles. The minimum Gasteiger partial charge on any atom is -0.378 e. The van der Waals surface area contributed by atoms with Crippen molar-refractivity contribution in [2.24, 2.45) is 0 Å². The summed E-state index contributed by atoms with van der Waals surface area (Å²) in [5.41, 5.74) is 1.54. The van der Waals surface area contributed by atoms with E-state index in [0.717, 1.165) is 10.6 Å². The third-order valence-corrected chi connectivity index (χ3v) is 4.80. The van der Waals surface area contributed by atoms with Crippen LogP contribution in [0.1, 0.15) is 5.56 Å². The SMILES string of the molecule is CN(C)c1ccc(C=C2C(=O)NC(=O)N(c3cccc(Cl)c3Cl)C2=O)cc1. The van der Waals surface area contributed by atoms with Crippen molar-refractivity contribution >= 4 is 58.5 Å². The fraction of sp³-hybridized carbons (Fsp3) is 0.105. The lowest BCUT2D eigenvalue weighted by Crippen LogP contribution is -2.54. The van der Waals surface area contributed by atoms with Gasteiger partial charge in [0.05, 0.1) is 15.7 Å². The predicted octanol–water partition coefficient (Wildman–Crippen LogP) is 3.73. The number of carbonyl (C=O) groups is 3. The molecule has 0 radical (unpaired) electrons. The molecule has 3 rings (SSSR count). The van der Waals surface area contributed by atoms with Gasteiger partial charge in [-0.1, -0.05) is 41.4 Å². The second-order valence-corrected chi connectivity index (χ2v) is 6.80. The van der Waals surface area contributed by atoms with Crippen molar-refractivity contribution in [3.63, 3.8) is 0 Å². The zero-order valence-corrected chi connectivity index (χ0v) is 16.0. The van der Waals surface area contributed by atoms with Gasteiger partial charge in [0, 0.05) is 19.8 Å². The van der Waals surface area contributed by atoms with Crippen LogP contribution in [0.4, 0.5) is 16.2 Å². The van der Waals surface area contributed by atoms with Crippen LogP contribution in [0.15, 0.2) is 48.0 Å². The van der Waals surface area contributed by atoms with E-state index in [2.05, 4.69) is 5.32 Å². The molecule has 1 aliphatic rings. The van der Waals surface area contributed by atoms with E-state index in [9.17, 15) is 14.4 Å². The van der Waals surface area contributed by atoms with Crippen molar-refractivity contribution in [3.05, 3.63) is 63.6 Å². The molecule has 1 heterocycles. The fourth-order valence-electron chi connectivity index (χ4n) is 2.58. The normalized spacial score (nSPS) is 15.9. The van der Waals surface area contributed by atoms with Crippen LogP contribution in [0.2, 0.25) is 10.0 Å². The van der Waals surface area contributed by atoms with Crippen LogP contribution in [-0.2, 0) is 9.59 Å². The number of urea groups is 1. The van der Waals surface area contributed by atoms with Gasteiger partial charge in [0.15, 0.2) is 0 Å². The summed E-state index contributed by atoms with van der Waals surface area (Å²) in [4.78, 5) is 40.0. The molecule has 27 heavy (non-hydrogen) atoms. The standard InChI is InChI=1S/C19H15Cl2N3O3/c1-23(2)12-8-6-11(7-9-12)10-13-17(25)22-19(27)24(18(13)26)15-5-3-4-14(20)16(15)21/h3-10H,1-2H3,(H,22,25,27). The number of imide groups is 2. The molecule has 2 aromatic carbocycles. The third-order valence-electron chi connectivity index (χ3n) is 3.99. The second kappa shape index (κ2) is 7.42. The second-order valence-electron chi connectivity index (χ2n) is 6.02. The zero-order valence-electron chi connectivity index (χ0n) is 14.5. The number of halogens is 2. The summed E-state index contributed by atoms with van der Waals surface area (Å²) in [5.74, 6) is -1.54. The lowest BCUT2D eigenvalue weighted by molar-refractivity contribution is -0.122. The van der Waals surface area contributed by atoms with Crippen molar-refractivity contribution in [3.8, 4) is 0 Å². The van der Waals surface area contributed by atoms with Crippen LogP contribution in [0.3, 0.4) is 0 Å². The molecule has 8 heteroatoms. The van der Waals surface area contributed by atoms with Gasteiger partial charge in [-0.25, -0.2) is 9.69 Å². The van der Waals surface area contributed by atoms with Gasteiger partial charge in [0.1, 0.15) is 5.57 Å². The summed E-state index contributed by atoms with van der Waals surface area (Å²) >= 11 is 12.1. The van der Waals surface area contributed by atoms with Crippen molar-refractivity contribution in [2.75, 3.05) is 23.9 Å². The van der Waals surface area contributed by atoms with Gasteiger partial charge in [0.25, 0.3) is 11.8 Å². The quantitative estimate of drug-likeness (QED) is 0.625. The van der Waals surface area contributed by atoms with E-state index in [1.807, 2.05) is 31.1 Å². The van der Waals surface area contributed by atoms with Crippen LogP contribution in [0.25, 0.3) is 6.08 Å². The Morgan fingerprint density at radius 1 is 1.00 bits per heavy atom. The summed E-state index contributed by atoms with van der Waals surface area (Å²) in [6.45, 7) is 0. The van der Waals surface area contributed by atoms with Crippen LogP contribution < -0.4 is 15.1 Å². The molecule has 0 bridgehead atoms. The Morgan fingerprint density at radius 3 is 2.30 bits per heavy atom. The van der Waals surface area contributed by atoms with E-state index in [1.165, 1.54) is 18.2 Å². The zero-order chi connectivity index (χ0) is 19.7. The van der Waals surface area contributed by atoms with Crippen LogP contribution in [0, 0.1) is 0 Å². The number of benzene rings is 2. The van der Waals surface area contributed by atoms with Crippen molar-refractivity contribution in [2.45, 2.75) is 0 Å². The smallest absolute Gasteiger partial charge is 0.336 e. The summed E-state index contributed by atoms with van der Waals surface area (Å²) in [5, 5.41) is 2.39. The first kappa shape index (κ1) is 18.9. The number of nitrogens with one attached hydrogen (secondary N) is 1. The highest BCUT2D eigenvalue weighted by Crippen LogP contribution is 2.34. The minimum absolute atomic E-state index is 0.0479. The van der Waals surface area contributed by atoms with E-state index < -0.39 is 17.8 Å². The Kier molecular flexibility index (Phi) is 5.21. The number of barbiturate groups is 1. The average Bonchev–Trinajstić information content (AvgIpc) is 2.62. The monoisotopic (exact) mass is 403 g/mol. The Balaban J connectivity index is 2.01. The molecule has 138 valence electrons. The molecule has 0 unspecified atom stereocenters. The largest absolute Gasteiger partial charge is 0.378 e. The molecule has 2 aromatic rings. The minimum atomic E-state index is -0.880. The molecule has 1 fully saturated rings. The first-order chi connectivity index (χ1) is 12.8. The number of rotatable bonds is 3. The van der Waals surface area contributed by atoms with Crippen molar-refractivity contribution in [1.29, 1.82) is 0 Å². The molecule has 0 spiro atoms. The molecule has 6 nitrogen and oxygen atoms in total. The van der Waals surface area contributed by atoms with Crippen molar-refractivity contribution < 1.29 is 14.4 Å².